The minimum Gasteiger partial charge on any atom is -0.396 e. The number of rotatable bonds is 4. The van der Waals surface area contributed by atoms with Crippen LogP contribution in [0.5, 0.6) is 0 Å². The number of hydrogen-bond donors (Lipinski definition) is 2. The number of nitrogens with zero attached hydrogens (tertiary/aromatic N) is 3. The molecule has 1 unspecified atom stereocenters. The highest BCUT2D eigenvalue weighted by atomic mass is 32.1. The van der Waals surface area contributed by atoms with Crippen LogP contribution in [-0.4, -0.2) is 50.8 Å². The van der Waals surface area contributed by atoms with E-state index in [1.54, 1.807) is 11.7 Å². The zero-order chi connectivity index (χ0) is 14.7. The number of aliphatic hydroxyl groups is 1. The Kier molecular flexibility index (Phi) is 4.31. The Bertz CT molecular complexity index is 596. The summed E-state index contributed by atoms with van der Waals surface area (Å²) in [6.07, 6.45) is 4.24. The molecule has 21 heavy (non-hydrogen) atoms. The van der Waals surface area contributed by atoms with E-state index in [2.05, 4.69) is 15.2 Å². The van der Waals surface area contributed by atoms with Gasteiger partial charge >= 0.3 is 0 Å². The number of carbonyl (C=O) groups excluding carboxylic acids is 1. The smallest absolute Gasteiger partial charge is 0.265 e. The van der Waals surface area contributed by atoms with Crippen molar-refractivity contribution in [1.29, 1.82) is 0 Å². The molecule has 6 nitrogen and oxygen atoms in total. The molecule has 3 rings (SSSR count). The topological polar surface area (TPSA) is 82.1 Å². The number of aromatic amines is 1. The fourth-order valence-corrected chi connectivity index (χ4v) is 3.30. The average Bonchev–Trinajstić information content (AvgIpc) is 3.18. The van der Waals surface area contributed by atoms with E-state index in [1.807, 2.05) is 11.0 Å². The van der Waals surface area contributed by atoms with Gasteiger partial charge in [0.2, 0.25) is 0 Å². The highest BCUT2D eigenvalue weighted by Crippen LogP contribution is 2.27. The molecule has 1 fully saturated rings. The zero-order valence-electron chi connectivity index (χ0n) is 11.7. The number of likely N-dealkylation sites (tertiary alicyclic amines) is 1. The van der Waals surface area contributed by atoms with E-state index in [-0.39, 0.29) is 18.4 Å². The maximum Gasteiger partial charge on any atom is 0.265 e. The van der Waals surface area contributed by atoms with E-state index in [1.165, 1.54) is 11.3 Å². The van der Waals surface area contributed by atoms with Gasteiger partial charge in [-0.25, -0.2) is 0 Å². The first kappa shape index (κ1) is 14.2. The number of aromatic nitrogens is 3. The van der Waals surface area contributed by atoms with Crippen LogP contribution in [0.1, 0.15) is 39.8 Å². The van der Waals surface area contributed by atoms with Gasteiger partial charge in [-0.1, -0.05) is 0 Å². The highest BCUT2D eigenvalue weighted by Gasteiger charge is 2.27. The van der Waals surface area contributed by atoms with Crippen LogP contribution >= 0.6 is 11.3 Å². The Hall–Kier alpha value is -1.73. The molecule has 3 heterocycles. The molecular weight excluding hydrogens is 288 g/mol. The zero-order valence-corrected chi connectivity index (χ0v) is 12.5. The lowest BCUT2D eigenvalue weighted by atomic mass is 9.94. The first-order valence-corrected chi connectivity index (χ1v) is 7.98. The van der Waals surface area contributed by atoms with Gasteiger partial charge in [0.25, 0.3) is 5.91 Å². The van der Waals surface area contributed by atoms with Crippen LogP contribution in [-0.2, 0) is 6.42 Å². The van der Waals surface area contributed by atoms with Crippen molar-refractivity contribution in [2.45, 2.75) is 25.2 Å². The van der Waals surface area contributed by atoms with Gasteiger partial charge in [0.15, 0.2) is 0 Å². The molecule has 0 aromatic carbocycles. The molecule has 1 atom stereocenters. The van der Waals surface area contributed by atoms with E-state index < -0.39 is 0 Å². The molecule has 2 N–H and O–H groups in total. The first-order valence-electron chi connectivity index (χ1n) is 7.10. The lowest BCUT2D eigenvalue weighted by molar-refractivity contribution is 0.0710. The number of aliphatic hydroxyl groups excluding tert-OH is 1. The van der Waals surface area contributed by atoms with Crippen molar-refractivity contribution in [1.82, 2.24) is 20.1 Å². The lowest BCUT2D eigenvalue weighted by Gasteiger charge is -2.31. The summed E-state index contributed by atoms with van der Waals surface area (Å²) in [7, 11) is 0. The van der Waals surface area contributed by atoms with Gasteiger partial charge in [0.05, 0.1) is 17.4 Å². The number of amides is 1. The van der Waals surface area contributed by atoms with E-state index in [0.717, 1.165) is 30.8 Å². The standard InChI is InChI=1S/C14H18N4O2S/c19-5-3-11-6-12(17-16-11)10-2-1-4-18(8-10)14(20)13-7-15-9-21-13/h6-7,9-10,19H,1-5,8H2,(H,16,17). The van der Waals surface area contributed by atoms with Crippen LogP contribution in [0.25, 0.3) is 0 Å². The number of hydrogen-bond acceptors (Lipinski definition) is 5. The molecule has 1 aliphatic heterocycles. The van der Waals surface area contributed by atoms with E-state index >= 15 is 0 Å². The second-order valence-electron chi connectivity index (χ2n) is 5.25. The molecule has 2 aromatic rings. The molecule has 2 aromatic heterocycles. The molecule has 0 saturated carbocycles. The minimum absolute atomic E-state index is 0.0633. The molecule has 1 saturated heterocycles. The summed E-state index contributed by atoms with van der Waals surface area (Å²) in [5.41, 5.74) is 3.61. The van der Waals surface area contributed by atoms with Crippen molar-refractivity contribution in [2.24, 2.45) is 0 Å². The summed E-state index contributed by atoms with van der Waals surface area (Å²) in [5.74, 6) is 0.327. The lowest BCUT2D eigenvalue weighted by Crippen LogP contribution is -2.38. The molecule has 0 radical (unpaired) electrons. The number of thiazole rings is 1. The predicted molar refractivity (Wildman–Crippen MR) is 79.4 cm³/mol. The molecule has 0 aliphatic carbocycles. The molecule has 7 heteroatoms. The monoisotopic (exact) mass is 306 g/mol. The highest BCUT2D eigenvalue weighted by molar-refractivity contribution is 7.11. The van der Waals surface area contributed by atoms with Gasteiger partial charge in [-0.05, 0) is 18.9 Å². The third kappa shape index (κ3) is 3.14. The van der Waals surface area contributed by atoms with Gasteiger partial charge < -0.3 is 10.0 Å². The van der Waals surface area contributed by atoms with Gasteiger partial charge in [0, 0.05) is 37.7 Å². The van der Waals surface area contributed by atoms with Crippen LogP contribution in [0.4, 0.5) is 0 Å². The number of nitrogens with one attached hydrogen (secondary N) is 1. The summed E-state index contributed by atoms with van der Waals surface area (Å²) in [6, 6.07) is 2.00. The Morgan fingerprint density at radius 2 is 2.48 bits per heavy atom. The molecule has 112 valence electrons. The van der Waals surface area contributed by atoms with Gasteiger partial charge in [-0.3, -0.25) is 14.9 Å². The van der Waals surface area contributed by atoms with Crippen molar-refractivity contribution in [3.05, 3.63) is 34.0 Å². The Balaban J connectivity index is 1.69. The van der Waals surface area contributed by atoms with Crippen molar-refractivity contribution in [3.63, 3.8) is 0 Å². The fraction of sp³-hybridized carbons (Fsp3) is 0.500. The minimum atomic E-state index is 0.0633. The second-order valence-corrected chi connectivity index (χ2v) is 6.13. The largest absolute Gasteiger partial charge is 0.396 e. The quantitative estimate of drug-likeness (QED) is 0.895. The summed E-state index contributed by atoms with van der Waals surface area (Å²) >= 11 is 1.38. The van der Waals surface area contributed by atoms with Crippen LogP contribution in [0.2, 0.25) is 0 Å². The van der Waals surface area contributed by atoms with E-state index in [9.17, 15) is 4.79 Å². The normalized spacial score (nSPS) is 18.9. The van der Waals surface area contributed by atoms with E-state index in [0.29, 0.717) is 17.8 Å². The molecule has 0 spiro atoms. The van der Waals surface area contributed by atoms with Crippen molar-refractivity contribution in [2.75, 3.05) is 19.7 Å². The SMILES string of the molecule is O=C(c1cncs1)N1CCCC(c2cc(CCO)[nH]n2)C1. The number of piperidine rings is 1. The van der Waals surface area contributed by atoms with Crippen LogP contribution in [0.3, 0.4) is 0 Å². The number of H-pyrrole nitrogens is 1. The van der Waals surface area contributed by atoms with Crippen molar-refractivity contribution in [3.8, 4) is 0 Å². The second kappa shape index (κ2) is 6.36. The van der Waals surface area contributed by atoms with E-state index in [4.69, 9.17) is 5.11 Å². The third-order valence-electron chi connectivity index (χ3n) is 3.80. The summed E-state index contributed by atoms with van der Waals surface area (Å²) in [6.45, 7) is 1.60. The predicted octanol–water partition coefficient (Wildman–Crippen LogP) is 1.42. The summed E-state index contributed by atoms with van der Waals surface area (Å²) < 4.78 is 0. The van der Waals surface area contributed by atoms with Gasteiger partial charge in [-0.2, -0.15) is 5.10 Å². The van der Waals surface area contributed by atoms with Crippen LogP contribution in [0.15, 0.2) is 17.8 Å². The Morgan fingerprint density at radius 1 is 1.57 bits per heavy atom. The maximum atomic E-state index is 12.4. The maximum absolute atomic E-state index is 12.4. The number of carbonyl (C=O) groups is 1. The fourth-order valence-electron chi connectivity index (χ4n) is 2.72. The molecule has 0 bridgehead atoms. The Labute approximate surface area is 126 Å². The summed E-state index contributed by atoms with van der Waals surface area (Å²) in [4.78, 5) is 18.9. The third-order valence-corrected chi connectivity index (χ3v) is 4.56. The molecule has 1 amide bonds. The Morgan fingerprint density at radius 3 is 3.24 bits per heavy atom. The molecular formula is C14H18N4O2S. The van der Waals surface area contributed by atoms with Gasteiger partial charge in [-0.15, -0.1) is 11.3 Å². The van der Waals surface area contributed by atoms with Crippen molar-refractivity contribution >= 4 is 17.2 Å². The summed E-state index contributed by atoms with van der Waals surface area (Å²) in [5, 5.41) is 16.2. The van der Waals surface area contributed by atoms with Gasteiger partial charge in [0.1, 0.15) is 4.88 Å². The van der Waals surface area contributed by atoms with Crippen LogP contribution in [0, 0.1) is 0 Å². The van der Waals surface area contributed by atoms with Crippen molar-refractivity contribution < 1.29 is 9.90 Å². The average molecular weight is 306 g/mol. The van der Waals surface area contributed by atoms with Crippen LogP contribution < -0.4 is 0 Å². The first-order chi connectivity index (χ1) is 10.3. The molecule has 1 aliphatic rings.